The summed E-state index contributed by atoms with van der Waals surface area (Å²) in [5, 5.41) is 0. The van der Waals surface area contributed by atoms with Crippen molar-refractivity contribution >= 4 is 5.97 Å². The first-order chi connectivity index (χ1) is 9.34. The number of esters is 1. The van der Waals surface area contributed by atoms with Crippen molar-refractivity contribution in [1.29, 1.82) is 0 Å². The lowest BCUT2D eigenvalue weighted by Crippen LogP contribution is -2.36. The van der Waals surface area contributed by atoms with E-state index >= 15 is 0 Å². The highest BCUT2D eigenvalue weighted by atomic mass is 19.2. The fourth-order valence-electron chi connectivity index (χ4n) is 2.05. The molecule has 110 valence electrons. The number of likely N-dealkylation sites (tertiary alicyclic amines) is 1. The van der Waals surface area contributed by atoms with Crippen LogP contribution in [0.5, 0.6) is 5.75 Å². The summed E-state index contributed by atoms with van der Waals surface area (Å²) in [6.45, 7) is 0.580. The van der Waals surface area contributed by atoms with E-state index in [9.17, 15) is 26.7 Å². The molecular weight excluding hydrogens is 285 g/mol. The summed E-state index contributed by atoms with van der Waals surface area (Å²) in [4.78, 5) is 13.3. The Bertz CT molecular complexity index is 534. The fraction of sp³-hybridized carbons (Fsp3) is 0.417. The summed E-state index contributed by atoms with van der Waals surface area (Å²) in [7, 11) is 1.59. The molecule has 20 heavy (non-hydrogen) atoms. The number of carbonyl (C=O) groups is 1. The minimum atomic E-state index is -2.29. The normalized spacial score (nSPS) is 19.4. The second-order valence-corrected chi connectivity index (χ2v) is 4.46. The van der Waals surface area contributed by atoms with Gasteiger partial charge in [-0.3, -0.25) is 4.90 Å². The van der Waals surface area contributed by atoms with Crippen LogP contribution in [0.4, 0.5) is 22.0 Å². The van der Waals surface area contributed by atoms with Crippen LogP contribution in [0.3, 0.4) is 0 Å². The van der Waals surface area contributed by atoms with Crippen LogP contribution in [0.25, 0.3) is 0 Å². The Kier molecular flexibility index (Phi) is 3.94. The van der Waals surface area contributed by atoms with Crippen LogP contribution < -0.4 is 4.74 Å². The number of carbonyl (C=O) groups excluding carboxylic acids is 1. The van der Waals surface area contributed by atoms with E-state index in [1.165, 1.54) is 0 Å². The van der Waals surface area contributed by atoms with Crippen molar-refractivity contribution in [3.8, 4) is 5.75 Å². The van der Waals surface area contributed by atoms with Gasteiger partial charge in [0.25, 0.3) is 0 Å². The Morgan fingerprint density at radius 2 is 1.55 bits per heavy atom. The average molecular weight is 295 g/mol. The van der Waals surface area contributed by atoms with Gasteiger partial charge in [-0.1, -0.05) is 0 Å². The van der Waals surface area contributed by atoms with Crippen molar-refractivity contribution in [2.75, 3.05) is 13.6 Å². The molecule has 1 unspecified atom stereocenters. The Morgan fingerprint density at radius 1 is 1.05 bits per heavy atom. The van der Waals surface area contributed by atoms with Crippen molar-refractivity contribution in [2.45, 2.75) is 18.9 Å². The highest BCUT2D eigenvalue weighted by molar-refractivity contribution is 5.78. The molecule has 1 saturated heterocycles. The van der Waals surface area contributed by atoms with Gasteiger partial charge in [-0.25, -0.2) is 18.0 Å². The first kappa shape index (κ1) is 14.7. The number of hydrogen-bond acceptors (Lipinski definition) is 3. The van der Waals surface area contributed by atoms with Gasteiger partial charge < -0.3 is 4.74 Å². The third kappa shape index (κ3) is 2.35. The molecular formula is C12H10F5NO2. The Labute approximate surface area is 110 Å². The van der Waals surface area contributed by atoms with Gasteiger partial charge in [-0.15, -0.1) is 0 Å². The third-order valence-electron chi connectivity index (χ3n) is 3.16. The van der Waals surface area contributed by atoms with Crippen LogP contribution in [0.15, 0.2) is 0 Å². The van der Waals surface area contributed by atoms with E-state index in [1.807, 2.05) is 0 Å². The molecule has 0 radical (unpaired) electrons. The monoisotopic (exact) mass is 295 g/mol. The predicted octanol–water partition coefficient (Wildman–Crippen LogP) is 2.38. The molecule has 1 aromatic carbocycles. The zero-order valence-electron chi connectivity index (χ0n) is 10.4. The molecule has 0 spiro atoms. The minimum absolute atomic E-state index is 0.394. The summed E-state index contributed by atoms with van der Waals surface area (Å²) in [6.07, 6.45) is 1.07. The van der Waals surface area contributed by atoms with Gasteiger partial charge in [0.15, 0.2) is 0 Å². The first-order valence-corrected chi connectivity index (χ1v) is 5.78. The number of likely N-dealkylation sites (N-methyl/N-ethyl adjacent to an activating group) is 1. The van der Waals surface area contributed by atoms with Crippen LogP contribution in [0.2, 0.25) is 0 Å². The topological polar surface area (TPSA) is 29.5 Å². The number of ether oxygens (including phenoxy) is 1. The SMILES string of the molecule is CN1CCCC1C(=O)Oc1c(F)c(F)c(F)c(F)c1F. The van der Waals surface area contributed by atoms with Gasteiger partial charge in [0.05, 0.1) is 0 Å². The largest absolute Gasteiger partial charge is 0.419 e. The summed E-state index contributed by atoms with van der Waals surface area (Å²) < 4.78 is 69.8. The van der Waals surface area contributed by atoms with Crippen molar-refractivity contribution in [1.82, 2.24) is 4.90 Å². The standard InChI is InChI=1S/C12H10F5NO2/c1-18-4-2-3-5(18)12(19)20-11-9(16)7(14)6(13)8(15)10(11)17/h5H,2-4H2,1H3. The molecule has 0 aromatic heterocycles. The molecule has 1 aliphatic rings. The second kappa shape index (κ2) is 5.35. The average Bonchev–Trinajstić information content (AvgIpc) is 2.85. The van der Waals surface area contributed by atoms with Crippen LogP contribution >= 0.6 is 0 Å². The molecule has 8 heteroatoms. The van der Waals surface area contributed by atoms with E-state index < -0.39 is 46.8 Å². The Morgan fingerprint density at radius 3 is 2.00 bits per heavy atom. The van der Waals surface area contributed by atoms with E-state index in [-0.39, 0.29) is 0 Å². The molecule has 0 aliphatic carbocycles. The van der Waals surface area contributed by atoms with Gasteiger partial charge in [0.2, 0.25) is 34.8 Å². The minimum Gasteiger partial charge on any atom is -0.419 e. The van der Waals surface area contributed by atoms with E-state index in [4.69, 9.17) is 0 Å². The van der Waals surface area contributed by atoms with Crippen LogP contribution in [0.1, 0.15) is 12.8 Å². The molecule has 2 rings (SSSR count). The van der Waals surface area contributed by atoms with Crippen LogP contribution in [0, 0.1) is 29.1 Å². The molecule has 1 aliphatic heterocycles. The number of benzene rings is 1. The fourth-order valence-corrected chi connectivity index (χ4v) is 2.05. The quantitative estimate of drug-likeness (QED) is 0.276. The number of hydrogen-bond donors (Lipinski definition) is 0. The van der Waals surface area contributed by atoms with E-state index in [0.717, 1.165) is 0 Å². The van der Waals surface area contributed by atoms with E-state index in [2.05, 4.69) is 4.74 Å². The highest BCUT2D eigenvalue weighted by Crippen LogP contribution is 2.30. The maximum Gasteiger partial charge on any atom is 0.328 e. The molecule has 0 bridgehead atoms. The van der Waals surface area contributed by atoms with Crippen molar-refractivity contribution in [3.05, 3.63) is 29.1 Å². The summed E-state index contributed by atoms with van der Waals surface area (Å²) in [5.74, 6) is -13.5. The summed E-state index contributed by atoms with van der Waals surface area (Å²) in [6, 6.07) is -0.759. The smallest absolute Gasteiger partial charge is 0.328 e. The lowest BCUT2D eigenvalue weighted by molar-refractivity contribution is -0.139. The van der Waals surface area contributed by atoms with Gasteiger partial charge in [-0.05, 0) is 26.4 Å². The summed E-state index contributed by atoms with van der Waals surface area (Å²) in [5.41, 5.74) is 0. The second-order valence-electron chi connectivity index (χ2n) is 4.46. The Balaban J connectivity index is 2.32. The van der Waals surface area contributed by atoms with Crippen molar-refractivity contribution < 1.29 is 31.5 Å². The predicted molar refractivity (Wildman–Crippen MR) is 57.5 cm³/mol. The zero-order valence-corrected chi connectivity index (χ0v) is 10.4. The molecule has 0 N–H and O–H groups in total. The molecule has 1 atom stereocenters. The van der Waals surface area contributed by atoms with Crippen molar-refractivity contribution in [2.24, 2.45) is 0 Å². The molecule has 1 aromatic rings. The number of rotatable bonds is 2. The number of halogens is 5. The van der Waals surface area contributed by atoms with Crippen molar-refractivity contribution in [3.63, 3.8) is 0 Å². The molecule has 0 amide bonds. The van der Waals surface area contributed by atoms with E-state index in [1.54, 1.807) is 11.9 Å². The van der Waals surface area contributed by atoms with Gasteiger partial charge in [0, 0.05) is 0 Å². The maximum atomic E-state index is 13.3. The maximum absolute atomic E-state index is 13.3. The molecule has 3 nitrogen and oxygen atoms in total. The Hall–Kier alpha value is -1.70. The molecule has 0 saturated carbocycles. The number of nitrogens with zero attached hydrogens (tertiary/aromatic N) is 1. The van der Waals surface area contributed by atoms with E-state index in [0.29, 0.717) is 19.4 Å². The lowest BCUT2D eigenvalue weighted by Gasteiger charge is -2.18. The summed E-state index contributed by atoms with van der Waals surface area (Å²) >= 11 is 0. The first-order valence-electron chi connectivity index (χ1n) is 5.78. The lowest BCUT2D eigenvalue weighted by atomic mass is 10.2. The highest BCUT2D eigenvalue weighted by Gasteiger charge is 2.33. The van der Waals surface area contributed by atoms with Gasteiger partial charge in [-0.2, -0.15) is 8.78 Å². The van der Waals surface area contributed by atoms with Crippen LogP contribution in [-0.4, -0.2) is 30.5 Å². The van der Waals surface area contributed by atoms with Gasteiger partial charge >= 0.3 is 5.97 Å². The van der Waals surface area contributed by atoms with Crippen LogP contribution in [-0.2, 0) is 4.79 Å². The third-order valence-corrected chi connectivity index (χ3v) is 3.16. The molecule has 1 fully saturated rings. The van der Waals surface area contributed by atoms with Gasteiger partial charge in [0.1, 0.15) is 6.04 Å². The molecule has 1 heterocycles. The zero-order chi connectivity index (χ0) is 15.0.